The van der Waals surface area contributed by atoms with Gasteiger partial charge in [-0.1, -0.05) is 20.8 Å². The molecule has 0 aliphatic carbocycles. The average molecular weight is 258 g/mol. The van der Waals surface area contributed by atoms with Gasteiger partial charge in [0.1, 0.15) is 5.25 Å². The molecule has 0 radical (unpaired) electrons. The van der Waals surface area contributed by atoms with Gasteiger partial charge in [0.25, 0.3) is 0 Å². The molecule has 1 atom stereocenters. The zero-order valence-electron chi connectivity index (χ0n) is 10.3. The highest BCUT2D eigenvalue weighted by Crippen LogP contribution is 2.23. The fourth-order valence-corrected chi connectivity index (χ4v) is 2.49. The minimum atomic E-state index is -0.778. The van der Waals surface area contributed by atoms with E-state index in [0.717, 1.165) is 18.8 Å². The molecule has 17 heavy (non-hydrogen) atoms. The Hall–Kier alpha value is -1.11. The number of carboxylic acid groups (broad SMARTS) is 1. The van der Waals surface area contributed by atoms with Gasteiger partial charge in [0.05, 0.1) is 5.75 Å². The number of aliphatic carboxylic acids is 1. The Kier molecular flexibility index (Phi) is 5.40. The molecule has 0 spiro atoms. The fourth-order valence-electron chi connectivity index (χ4n) is 1.43. The second-order valence-electron chi connectivity index (χ2n) is 4.13. The van der Waals surface area contributed by atoms with E-state index in [1.165, 1.54) is 11.8 Å². The average Bonchev–Trinajstić information content (AvgIpc) is 2.65. The van der Waals surface area contributed by atoms with E-state index in [1.54, 1.807) is 4.68 Å². The van der Waals surface area contributed by atoms with Gasteiger partial charge in [0.2, 0.25) is 0 Å². The lowest BCUT2D eigenvalue weighted by molar-refractivity contribution is -0.137. The summed E-state index contributed by atoms with van der Waals surface area (Å²) in [5.41, 5.74) is 0. The summed E-state index contributed by atoms with van der Waals surface area (Å²) in [6.07, 6.45) is 0.954. The first-order chi connectivity index (χ1) is 8.06. The fraction of sp³-hybridized carbons (Fsp3) is 0.800. The van der Waals surface area contributed by atoms with Crippen molar-refractivity contribution >= 4 is 17.7 Å². The number of carboxylic acids is 1. The summed E-state index contributed by atoms with van der Waals surface area (Å²) in [5, 5.41) is 20.0. The Balaban J connectivity index is 2.59. The van der Waals surface area contributed by atoms with Gasteiger partial charge in [-0.25, -0.2) is 4.68 Å². The predicted octanol–water partition coefficient (Wildman–Crippen LogP) is 1.43. The third-order valence-electron chi connectivity index (χ3n) is 2.28. The molecule has 0 saturated heterocycles. The standard InChI is InChI=1S/C10H18N4O2S/c1-4-5-14-8(11-12-13-14)6-17-9(7(2)3)10(15)16/h7,9H,4-6H2,1-3H3,(H,15,16). The van der Waals surface area contributed by atoms with E-state index in [2.05, 4.69) is 15.5 Å². The summed E-state index contributed by atoms with van der Waals surface area (Å²) in [7, 11) is 0. The number of hydrogen-bond acceptors (Lipinski definition) is 5. The summed E-state index contributed by atoms with van der Waals surface area (Å²) in [5.74, 6) is 0.582. The van der Waals surface area contributed by atoms with Crippen molar-refractivity contribution in [3.63, 3.8) is 0 Å². The highest BCUT2D eigenvalue weighted by atomic mass is 32.2. The number of hydrogen-bond donors (Lipinski definition) is 1. The van der Waals surface area contributed by atoms with Crippen LogP contribution in [0.25, 0.3) is 0 Å². The zero-order chi connectivity index (χ0) is 12.8. The van der Waals surface area contributed by atoms with Crippen LogP contribution in [0.3, 0.4) is 0 Å². The smallest absolute Gasteiger partial charge is 0.316 e. The van der Waals surface area contributed by atoms with Crippen LogP contribution in [-0.2, 0) is 17.1 Å². The number of aromatic nitrogens is 4. The molecule has 6 nitrogen and oxygen atoms in total. The normalized spacial score (nSPS) is 12.9. The highest BCUT2D eigenvalue weighted by molar-refractivity contribution is 7.99. The van der Waals surface area contributed by atoms with Crippen molar-refractivity contribution in [2.45, 2.75) is 44.7 Å². The molecule has 1 N–H and O–H groups in total. The molecule has 1 aromatic rings. The summed E-state index contributed by atoms with van der Waals surface area (Å²) >= 11 is 1.37. The van der Waals surface area contributed by atoms with Crippen LogP contribution >= 0.6 is 11.8 Å². The first kappa shape index (κ1) is 14.0. The molecule has 1 heterocycles. The number of nitrogens with zero attached hydrogens (tertiary/aromatic N) is 4. The Morgan fingerprint density at radius 3 is 2.76 bits per heavy atom. The van der Waals surface area contributed by atoms with Gasteiger partial charge in [-0.2, -0.15) is 0 Å². The molecule has 0 amide bonds. The first-order valence-corrected chi connectivity index (χ1v) is 6.70. The molecule has 1 aromatic heterocycles. The van der Waals surface area contributed by atoms with Crippen molar-refractivity contribution < 1.29 is 9.90 Å². The van der Waals surface area contributed by atoms with Crippen LogP contribution in [0.15, 0.2) is 0 Å². The maximum atomic E-state index is 11.0. The van der Waals surface area contributed by atoms with Crippen molar-refractivity contribution in [3.8, 4) is 0 Å². The Bertz CT molecular complexity index is 367. The molecule has 7 heteroatoms. The number of carbonyl (C=O) groups is 1. The van der Waals surface area contributed by atoms with Crippen LogP contribution in [0.1, 0.15) is 33.0 Å². The monoisotopic (exact) mass is 258 g/mol. The predicted molar refractivity (Wildman–Crippen MR) is 65.7 cm³/mol. The lowest BCUT2D eigenvalue weighted by Gasteiger charge is -2.14. The third-order valence-corrected chi connectivity index (χ3v) is 3.81. The quantitative estimate of drug-likeness (QED) is 0.796. The van der Waals surface area contributed by atoms with Crippen molar-refractivity contribution in [2.24, 2.45) is 5.92 Å². The Morgan fingerprint density at radius 2 is 2.24 bits per heavy atom. The van der Waals surface area contributed by atoms with Crippen LogP contribution in [0, 0.1) is 5.92 Å². The maximum absolute atomic E-state index is 11.0. The number of thioether (sulfide) groups is 1. The Morgan fingerprint density at radius 1 is 1.53 bits per heavy atom. The van der Waals surface area contributed by atoms with Gasteiger partial charge in [-0.15, -0.1) is 16.9 Å². The van der Waals surface area contributed by atoms with Crippen molar-refractivity contribution in [2.75, 3.05) is 0 Å². The lowest BCUT2D eigenvalue weighted by Crippen LogP contribution is -2.23. The second-order valence-corrected chi connectivity index (χ2v) is 5.26. The van der Waals surface area contributed by atoms with Crippen LogP contribution < -0.4 is 0 Å². The topological polar surface area (TPSA) is 80.9 Å². The molecule has 1 unspecified atom stereocenters. The van der Waals surface area contributed by atoms with E-state index < -0.39 is 11.2 Å². The van der Waals surface area contributed by atoms with Gasteiger partial charge in [0, 0.05) is 6.54 Å². The van der Waals surface area contributed by atoms with Gasteiger partial charge in [0.15, 0.2) is 5.82 Å². The summed E-state index contributed by atoms with van der Waals surface area (Å²) in [6.45, 7) is 6.62. The van der Waals surface area contributed by atoms with E-state index in [0.29, 0.717) is 5.75 Å². The molecular formula is C10H18N4O2S. The molecule has 0 aliphatic rings. The molecular weight excluding hydrogens is 240 g/mol. The summed E-state index contributed by atoms with van der Waals surface area (Å²) < 4.78 is 1.73. The molecule has 0 aliphatic heterocycles. The maximum Gasteiger partial charge on any atom is 0.316 e. The zero-order valence-corrected chi connectivity index (χ0v) is 11.1. The first-order valence-electron chi connectivity index (χ1n) is 5.65. The lowest BCUT2D eigenvalue weighted by atomic mass is 10.1. The van der Waals surface area contributed by atoms with Crippen molar-refractivity contribution in [1.29, 1.82) is 0 Å². The molecule has 0 fully saturated rings. The largest absolute Gasteiger partial charge is 0.480 e. The van der Waals surface area contributed by atoms with Gasteiger partial charge in [-0.3, -0.25) is 4.79 Å². The number of aryl methyl sites for hydroxylation is 1. The van der Waals surface area contributed by atoms with Gasteiger partial charge < -0.3 is 5.11 Å². The van der Waals surface area contributed by atoms with Gasteiger partial charge >= 0.3 is 5.97 Å². The molecule has 0 aromatic carbocycles. The van der Waals surface area contributed by atoms with Crippen LogP contribution in [0.5, 0.6) is 0 Å². The molecule has 96 valence electrons. The van der Waals surface area contributed by atoms with E-state index in [9.17, 15) is 4.79 Å². The third kappa shape index (κ3) is 3.99. The van der Waals surface area contributed by atoms with Crippen LogP contribution in [-0.4, -0.2) is 36.5 Å². The van der Waals surface area contributed by atoms with E-state index in [4.69, 9.17) is 5.11 Å². The van der Waals surface area contributed by atoms with Crippen LogP contribution in [0.4, 0.5) is 0 Å². The second kappa shape index (κ2) is 6.58. The van der Waals surface area contributed by atoms with E-state index in [-0.39, 0.29) is 5.92 Å². The number of rotatable bonds is 7. The number of tetrazole rings is 1. The van der Waals surface area contributed by atoms with E-state index >= 15 is 0 Å². The minimum absolute atomic E-state index is 0.0907. The van der Waals surface area contributed by atoms with E-state index in [1.807, 2.05) is 20.8 Å². The Labute approximate surface area is 105 Å². The van der Waals surface area contributed by atoms with Gasteiger partial charge in [-0.05, 0) is 22.8 Å². The molecule has 0 saturated carbocycles. The molecule has 0 bridgehead atoms. The van der Waals surface area contributed by atoms with Crippen molar-refractivity contribution in [1.82, 2.24) is 20.2 Å². The minimum Gasteiger partial charge on any atom is -0.480 e. The molecule has 1 rings (SSSR count). The SMILES string of the molecule is CCCn1nnnc1CSC(C(=O)O)C(C)C. The van der Waals surface area contributed by atoms with Crippen molar-refractivity contribution in [3.05, 3.63) is 5.82 Å². The summed E-state index contributed by atoms with van der Waals surface area (Å²) in [4.78, 5) is 11.0. The highest BCUT2D eigenvalue weighted by Gasteiger charge is 2.22. The summed E-state index contributed by atoms with van der Waals surface area (Å²) in [6, 6.07) is 0. The van der Waals surface area contributed by atoms with Crippen LogP contribution in [0.2, 0.25) is 0 Å².